The highest BCUT2D eigenvalue weighted by Gasteiger charge is 2.48. The summed E-state index contributed by atoms with van der Waals surface area (Å²) in [5.41, 5.74) is 0.103. The third-order valence-corrected chi connectivity index (χ3v) is 4.82. The molecule has 26 heavy (non-hydrogen) atoms. The monoisotopic (exact) mass is 359 g/mol. The van der Waals surface area contributed by atoms with Gasteiger partial charge in [-0.25, -0.2) is 0 Å². The van der Waals surface area contributed by atoms with Gasteiger partial charge in [-0.05, 0) is 51.5 Å². The molecule has 0 aromatic heterocycles. The van der Waals surface area contributed by atoms with Crippen molar-refractivity contribution >= 4 is 11.9 Å². The Morgan fingerprint density at radius 1 is 1.23 bits per heavy atom. The van der Waals surface area contributed by atoms with Gasteiger partial charge in [-0.1, -0.05) is 44.2 Å². The number of esters is 1. The molecular formula is C22H33NO3. The van der Waals surface area contributed by atoms with Crippen molar-refractivity contribution in [2.45, 2.75) is 65.9 Å². The van der Waals surface area contributed by atoms with Crippen LogP contribution in [0, 0.1) is 11.3 Å². The van der Waals surface area contributed by atoms with E-state index in [1.807, 2.05) is 43.9 Å². The second-order valence-electron chi connectivity index (χ2n) is 8.92. The van der Waals surface area contributed by atoms with Gasteiger partial charge in [-0.15, -0.1) is 0 Å². The lowest BCUT2D eigenvalue weighted by Crippen LogP contribution is -2.39. The Morgan fingerprint density at radius 2 is 1.88 bits per heavy atom. The van der Waals surface area contributed by atoms with Crippen LogP contribution >= 0.6 is 0 Å². The van der Waals surface area contributed by atoms with Gasteiger partial charge in [-0.2, -0.15) is 0 Å². The zero-order valence-corrected chi connectivity index (χ0v) is 16.9. The number of hydrogen-bond acceptors (Lipinski definition) is 3. The Morgan fingerprint density at radius 3 is 2.46 bits per heavy atom. The van der Waals surface area contributed by atoms with Crippen LogP contribution < -0.4 is 0 Å². The smallest absolute Gasteiger partial charge is 0.307 e. The number of carbonyl (C=O) groups is 2. The topological polar surface area (TPSA) is 46.6 Å². The lowest BCUT2D eigenvalue weighted by Gasteiger charge is -2.30. The predicted molar refractivity (Wildman–Crippen MR) is 104 cm³/mol. The van der Waals surface area contributed by atoms with Gasteiger partial charge in [0.15, 0.2) is 0 Å². The Kier molecular flexibility index (Phi) is 6.48. The van der Waals surface area contributed by atoms with Crippen LogP contribution in [0.3, 0.4) is 0 Å². The van der Waals surface area contributed by atoms with Crippen LogP contribution in [0.15, 0.2) is 30.3 Å². The number of carbonyl (C=O) groups excluding carboxylic acids is 2. The third-order valence-electron chi connectivity index (χ3n) is 4.82. The summed E-state index contributed by atoms with van der Waals surface area (Å²) in [5.74, 6) is 0.208. The molecule has 1 heterocycles. The summed E-state index contributed by atoms with van der Waals surface area (Å²) >= 11 is 0. The minimum Gasteiger partial charge on any atom is -0.460 e. The second kappa shape index (κ2) is 8.24. The van der Waals surface area contributed by atoms with Gasteiger partial charge in [0, 0.05) is 13.1 Å². The van der Waals surface area contributed by atoms with E-state index < -0.39 is 11.0 Å². The fourth-order valence-corrected chi connectivity index (χ4v) is 3.88. The normalized spacial score (nSPS) is 20.7. The van der Waals surface area contributed by atoms with Gasteiger partial charge in [0.2, 0.25) is 5.91 Å². The molecule has 0 spiro atoms. The summed E-state index contributed by atoms with van der Waals surface area (Å²) < 4.78 is 5.51. The van der Waals surface area contributed by atoms with E-state index in [1.165, 1.54) is 5.56 Å². The van der Waals surface area contributed by atoms with Crippen molar-refractivity contribution in [3.63, 3.8) is 0 Å². The van der Waals surface area contributed by atoms with Gasteiger partial charge in [-0.3, -0.25) is 9.59 Å². The molecule has 1 aromatic rings. The van der Waals surface area contributed by atoms with Crippen molar-refractivity contribution in [1.82, 2.24) is 4.90 Å². The van der Waals surface area contributed by atoms with Crippen molar-refractivity contribution in [2.24, 2.45) is 11.3 Å². The van der Waals surface area contributed by atoms with Crippen LogP contribution in [-0.4, -0.2) is 35.5 Å². The second-order valence-corrected chi connectivity index (χ2v) is 8.92. The maximum atomic E-state index is 13.2. The first-order valence-corrected chi connectivity index (χ1v) is 9.66. The first kappa shape index (κ1) is 20.5. The average molecular weight is 360 g/mol. The Labute approximate surface area is 157 Å². The molecule has 144 valence electrons. The standard InChI is InChI=1S/C22H33NO3/c1-17(2)15-22(16-19(24)26-21(3,4)5)12-14-23(20(22)25)13-11-18-9-7-6-8-10-18/h6-10,17H,11-16H2,1-5H3/t22-/m1/s1. The quantitative estimate of drug-likeness (QED) is 0.685. The van der Waals surface area contributed by atoms with Gasteiger partial charge < -0.3 is 9.64 Å². The number of likely N-dealkylation sites (tertiary alicyclic amines) is 1. The van der Waals surface area contributed by atoms with E-state index in [4.69, 9.17) is 4.74 Å². The average Bonchev–Trinajstić information content (AvgIpc) is 2.80. The Hall–Kier alpha value is -1.84. The highest BCUT2D eigenvalue weighted by atomic mass is 16.6. The number of amides is 1. The molecule has 0 aliphatic carbocycles. The zero-order chi connectivity index (χ0) is 19.4. The fourth-order valence-electron chi connectivity index (χ4n) is 3.88. The maximum Gasteiger partial charge on any atom is 0.307 e. The molecule has 0 bridgehead atoms. The van der Waals surface area contributed by atoms with Crippen LogP contribution in [0.25, 0.3) is 0 Å². The minimum absolute atomic E-state index is 0.119. The lowest BCUT2D eigenvalue weighted by atomic mass is 9.76. The molecule has 0 N–H and O–H groups in total. The molecule has 0 saturated carbocycles. The van der Waals surface area contributed by atoms with Gasteiger partial charge in [0.1, 0.15) is 5.60 Å². The molecule has 1 atom stereocenters. The number of hydrogen-bond donors (Lipinski definition) is 0. The Balaban J connectivity index is 2.06. The van der Waals surface area contributed by atoms with Gasteiger partial charge in [0.05, 0.1) is 11.8 Å². The van der Waals surface area contributed by atoms with Crippen molar-refractivity contribution in [3.05, 3.63) is 35.9 Å². The van der Waals surface area contributed by atoms with Crippen LogP contribution in [0.4, 0.5) is 0 Å². The summed E-state index contributed by atoms with van der Waals surface area (Å²) in [6.45, 7) is 11.2. The molecule has 0 radical (unpaired) electrons. The number of rotatable bonds is 7. The largest absolute Gasteiger partial charge is 0.460 e. The van der Waals surface area contributed by atoms with E-state index in [1.54, 1.807) is 0 Å². The molecule has 1 aromatic carbocycles. The van der Waals surface area contributed by atoms with E-state index in [9.17, 15) is 9.59 Å². The van der Waals surface area contributed by atoms with E-state index >= 15 is 0 Å². The molecule has 1 amide bonds. The van der Waals surface area contributed by atoms with Crippen LogP contribution in [0.2, 0.25) is 0 Å². The lowest BCUT2D eigenvalue weighted by molar-refractivity contribution is -0.161. The summed E-state index contributed by atoms with van der Waals surface area (Å²) in [7, 11) is 0. The van der Waals surface area contributed by atoms with E-state index in [2.05, 4.69) is 26.0 Å². The van der Waals surface area contributed by atoms with E-state index in [-0.39, 0.29) is 18.3 Å². The molecule has 2 rings (SSSR count). The highest BCUT2D eigenvalue weighted by molar-refractivity contribution is 5.89. The molecular weight excluding hydrogens is 326 g/mol. The van der Waals surface area contributed by atoms with Crippen molar-refractivity contribution in [3.8, 4) is 0 Å². The summed E-state index contributed by atoms with van der Waals surface area (Å²) in [5, 5.41) is 0. The molecule has 4 heteroatoms. The molecule has 1 aliphatic rings. The highest BCUT2D eigenvalue weighted by Crippen LogP contribution is 2.41. The van der Waals surface area contributed by atoms with Gasteiger partial charge in [0.25, 0.3) is 0 Å². The van der Waals surface area contributed by atoms with Gasteiger partial charge >= 0.3 is 5.97 Å². The fraction of sp³-hybridized carbons (Fsp3) is 0.636. The van der Waals surface area contributed by atoms with E-state index in [0.717, 1.165) is 25.8 Å². The SMILES string of the molecule is CC(C)C[C@@]1(CC(=O)OC(C)(C)C)CCN(CCc2ccccc2)C1=O. The molecule has 0 unspecified atom stereocenters. The number of nitrogens with zero attached hydrogens (tertiary/aromatic N) is 1. The van der Waals surface area contributed by atoms with E-state index in [0.29, 0.717) is 12.5 Å². The Bertz CT molecular complexity index is 618. The summed E-state index contributed by atoms with van der Waals surface area (Å²) in [4.78, 5) is 27.6. The number of ether oxygens (including phenoxy) is 1. The first-order valence-electron chi connectivity index (χ1n) is 9.66. The minimum atomic E-state index is -0.604. The molecule has 1 aliphatic heterocycles. The van der Waals surface area contributed by atoms with Crippen LogP contribution in [-0.2, 0) is 20.7 Å². The number of benzene rings is 1. The van der Waals surface area contributed by atoms with Crippen molar-refractivity contribution in [1.29, 1.82) is 0 Å². The predicted octanol–water partition coefficient (Wildman–Crippen LogP) is 4.23. The van der Waals surface area contributed by atoms with Crippen molar-refractivity contribution < 1.29 is 14.3 Å². The first-order chi connectivity index (χ1) is 12.1. The van der Waals surface area contributed by atoms with Crippen molar-refractivity contribution in [2.75, 3.05) is 13.1 Å². The molecule has 4 nitrogen and oxygen atoms in total. The van der Waals surface area contributed by atoms with Crippen LogP contribution in [0.5, 0.6) is 0 Å². The molecule has 1 fully saturated rings. The molecule has 1 saturated heterocycles. The maximum absolute atomic E-state index is 13.2. The zero-order valence-electron chi connectivity index (χ0n) is 16.9. The summed E-state index contributed by atoms with van der Waals surface area (Å²) in [6, 6.07) is 10.2. The van der Waals surface area contributed by atoms with Crippen LogP contribution in [0.1, 0.15) is 59.4 Å². The third kappa shape index (κ3) is 5.58. The summed E-state index contributed by atoms with van der Waals surface area (Å²) in [6.07, 6.45) is 2.49.